The summed E-state index contributed by atoms with van der Waals surface area (Å²) in [5.41, 5.74) is -1.33. The molecule has 0 spiro atoms. The Morgan fingerprint density at radius 1 is 1.38 bits per heavy atom. The molecule has 1 unspecified atom stereocenters. The van der Waals surface area contributed by atoms with E-state index in [1.54, 1.807) is 30.3 Å². The molecule has 0 aliphatic heterocycles. The van der Waals surface area contributed by atoms with Crippen LogP contribution in [0.3, 0.4) is 0 Å². The number of aliphatic carboxylic acids is 1. The summed E-state index contributed by atoms with van der Waals surface area (Å²) in [5, 5.41) is 8.39. The highest BCUT2D eigenvalue weighted by atomic mass is 35.5. The topological polar surface area (TPSA) is 46.5 Å². The first-order valence-corrected chi connectivity index (χ1v) is 3.72. The summed E-state index contributed by atoms with van der Waals surface area (Å²) in [7, 11) is 0. The lowest BCUT2D eigenvalue weighted by molar-refractivity contribution is -0.141. The van der Waals surface area contributed by atoms with Gasteiger partial charge < -0.3 is 9.84 Å². The van der Waals surface area contributed by atoms with Crippen molar-refractivity contribution in [3.05, 3.63) is 30.3 Å². The summed E-state index contributed by atoms with van der Waals surface area (Å²) >= 11 is 5.33. The molecule has 1 rings (SSSR count). The number of carboxylic acids is 1. The number of para-hydroxylation sites is 1. The predicted octanol–water partition coefficient (Wildman–Crippen LogP) is 2.14. The third kappa shape index (κ3) is 4.01. The lowest BCUT2D eigenvalue weighted by Crippen LogP contribution is -2.19. The fourth-order valence-electron chi connectivity index (χ4n) is 0.669. The van der Waals surface area contributed by atoms with Crippen LogP contribution in [0.5, 0.6) is 5.75 Å². The highest BCUT2D eigenvalue weighted by Crippen LogP contribution is 2.12. The zero-order valence-electron chi connectivity index (χ0n) is 6.51. The van der Waals surface area contributed by atoms with Crippen molar-refractivity contribution in [2.45, 2.75) is 5.56 Å². The smallest absolute Gasteiger partial charge is 0.360 e. The maximum absolute atomic E-state index is 10.2. The maximum Gasteiger partial charge on any atom is 0.360 e. The summed E-state index contributed by atoms with van der Waals surface area (Å²) in [6, 6.07) is 8.55. The number of ether oxygens (including phenoxy) is 1. The number of alkyl halides is 1. The molecule has 13 heavy (non-hydrogen) atoms. The van der Waals surface area contributed by atoms with E-state index in [2.05, 4.69) is 0 Å². The lowest BCUT2D eigenvalue weighted by Gasteiger charge is -2.06. The second kappa shape index (κ2) is 5.67. The van der Waals surface area contributed by atoms with E-state index in [4.69, 9.17) is 21.4 Å². The average Bonchev–Trinajstić information content (AvgIpc) is 2.06. The van der Waals surface area contributed by atoms with Gasteiger partial charge in [-0.05, 0) is 12.1 Å². The Morgan fingerprint density at radius 3 is 2.38 bits per heavy atom. The summed E-state index contributed by atoms with van der Waals surface area (Å²) in [4.78, 5) is 10.2. The standard InChI is InChI=1S/C8H7ClO3.ClH/c9-7(8(10)11)12-6-4-2-1-3-5-6;/h1-5,7H,(H,10,11);1H. The fraction of sp³-hybridized carbons (Fsp3) is 0.125. The molecule has 1 aromatic rings. The van der Waals surface area contributed by atoms with Gasteiger partial charge in [0.05, 0.1) is 0 Å². The Hall–Kier alpha value is -0.930. The number of benzene rings is 1. The minimum absolute atomic E-state index is 0. The Balaban J connectivity index is 0.00000144. The fourth-order valence-corrected chi connectivity index (χ4v) is 0.772. The van der Waals surface area contributed by atoms with E-state index in [1.807, 2.05) is 0 Å². The first kappa shape index (κ1) is 12.1. The highest BCUT2D eigenvalue weighted by molar-refractivity contribution is 6.28. The van der Waals surface area contributed by atoms with Gasteiger partial charge in [-0.2, -0.15) is 0 Å². The van der Waals surface area contributed by atoms with Crippen molar-refractivity contribution in [2.24, 2.45) is 0 Å². The van der Waals surface area contributed by atoms with Crippen LogP contribution in [0.15, 0.2) is 30.3 Å². The zero-order chi connectivity index (χ0) is 8.97. The van der Waals surface area contributed by atoms with Crippen molar-refractivity contribution in [3.8, 4) is 5.75 Å². The molecule has 1 aromatic carbocycles. The van der Waals surface area contributed by atoms with Crippen LogP contribution >= 0.6 is 24.0 Å². The van der Waals surface area contributed by atoms with E-state index < -0.39 is 11.5 Å². The monoisotopic (exact) mass is 222 g/mol. The zero-order valence-corrected chi connectivity index (χ0v) is 8.09. The molecule has 5 heteroatoms. The van der Waals surface area contributed by atoms with Gasteiger partial charge >= 0.3 is 5.97 Å². The molecular weight excluding hydrogens is 215 g/mol. The number of carboxylic acid groups (broad SMARTS) is 1. The van der Waals surface area contributed by atoms with Crippen molar-refractivity contribution < 1.29 is 14.6 Å². The van der Waals surface area contributed by atoms with Gasteiger partial charge in [0.2, 0.25) is 0 Å². The maximum atomic E-state index is 10.2. The molecule has 0 radical (unpaired) electrons. The van der Waals surface area contributed by atoms with Crippen LogP contribution < -0.4 is 4.74 Å². The average molecular weight is 223 g/mol. The number of rotatable bonds is 3. The first-order valence-electron chi connectivity index (χ1n) is 3.29. The van der Waals surface area contributed by atoms with Crippen molar-refractivity contribution in [3.63, 3.8) is 0 Å². The van der Waals surface area contributed by atoms with E-state index in [9.17, 15) is 4.79 Å². The van der Waals surface area contributed by atoms with Crippen LogP contribution in [0.4, 0.5) is 0 Å². The minimum atomic E-state index is -1.33. The molecule has 3 nitrogen and oxygen atoms in total. The number of carbonyl (C=O) groups is 1. The van der Waals surface area contributed by atoms with E-state index >= 15 is 0 Å². The summed E-state index contributed by atoms with van der Waals surface area (Å²) in [6.07, 6.45) is 0. The van der Waals surface area contributed by atoms with Gasteiger partial charge in [-0.1, -0.05) is 29.8 Å². The molecule has 0 aromatic heterocycles. The van der Waals surface area contributed by atoms with Crippen molar-refractivity contribution >= 4 is 30.0 Å². The van der Waals surface area contributed by atoms with Crippen LogP contribution in [0, 0.1) is 0 Å². The lowest BCUT2D eigenvalue weighted by atomic mass is 10.3. The molecular formula is C8H8Cl2O3. The molecule has 72 valence electrons. The van der Waals surface area contributed by atoms with Gasteiger partial charge in [-0.15, -0.1) is 12.4 Å². The molecule has 0 amide bonds. The van der Waals surface area contributed by atoms with Gasteiger partial charge in [0, 0.05) is 0 Å². The molecule has 0 aliphatic rings. The molecule has 0 saturated heterocycles. The SMILES string of the molecule is Cl.O=C(O)C(Cl)Oc1ccccc1. The van der Waals surface area contributed by atoms with Crippen LogP contribution in [-0.2, 0) is 4.79 Å². The molecule has 0 fully saturated rings. The quantitative estimate of drug-likeness (QED) is 0.798. The summed E-state index contributed by atoms with van der Waals surface area (Å²) < 4.78 is 4.84. The molecule has 0 bridgehead atoms. The van der Waals surface area contributed by atoms with Crippen LogP contribution in [0.25, 0.3) is 0 Å². The largest absolute Gasteiger partial charge is 0.478 e. The van der Waals surface area contributed by atoms with Crippen LogP contribution in [0.2, 0.25) is 0 Å². The molecule has 1 N–H and O–H groups in total. The third-order valence-electron chi connectivity index (χ3n) is 1.18. The Bertz CT molecular complexity index is 263. The second-order valence-corrected chi connectivity index (χ2v) is 2.48. The normalized spacial score (nSPS) is 11.2. The Kier molecular flexibility index (Phi) is 5.26. The number of hydrogen-bond donors (Lipinski definition) is 1. The van der Waals surface area contributed by atoms with Gasteiger partial charge in [0.1, 0.15) is 5.75 Å². The predicted molar refractivity (Wildman–Crippen MR) is 51.6 cm³/mol. The first-order chi connectivity index (χ1) is 5.70. The van der Waals surface area contributed by atoms with Gasteiger partial charge in [-0.3, -0.25) is 0 Å². The molecule has 0 heterocycles. The second-order valence-electron chi connectivity index (χ2n) is 2.09. The number of hydrogen-bond acceptors (Lipinski definition) is 2. The van der Waals surface area contributed by atoms with Crippen molar-refractivity contribution in [1.82, 2.24) is 0 Å². The van der Waals surface area contributed by atoms with E-state index in [1.165, 1.54) is 0 Å². The van der Waals surface area contributed by atoms with E-state index in [0.717, 1.165) is 0 Å². The van der Waals surface area contributed by atoms with E-state index in [-0.39, 0.29) is 12.4 Å². The summed E-state index contributed by atoms with van der Waals surface area (Å²) in [5.74, 6) is -0.750. The highest BCUT2D eigenvalue weighted by Gasteiger charge is 2.14. The molecule has 0 saturated carbocycles. The van der Waals surface area contributed by atoms with Crippen LogP contribution in [-0.4, -0.2) is 16.6 Å². The van der Waals surface area contributed by atoms with Gasteiger partial charge in [-0.25, -0.2) is 4.79 Å². The van der Waals surface area contributed by atoms with Gasteiger partial charge in [0.25, 0.3) is 5.56 Å². The van der Waals surface area contributed by atoms with Gasteiger partial charge in [0.15, 0.2) is 0 Å². The molecule has 0 aliphatic carbocycles. The van der Waals surface area contributed by atoms with Crippen LogP contribution in [0.1, 0.15) is 0 Å². The third-order valence-corrected chi connectivity index (χ3v) is 1.45. The Labute approximate surface area is 86.7 Å². The van der Waals surface area contributed by atoms with Crippen molar-refractivity contribution in [1.29, 1.82) is 0 Å². The Morgan fingerprint density at radius 2 is 1.92 bits per heavy atom. The van der Waals surface area contributed by atoms with E-state index in [0.29, 0.717) is 5.75 Å². The minimum Gasteiger partial charge on any atom is -0.478 e. The molecule has 1 atom stereocenters. The number of halogens is 2. The summed E-state index contributed by atoms with van der Waals surface area (Å²) in [6.45, 7) is 0. The van der Waals surface area contributed by atoms with Crippen molar-refractivity contribution in [2.75, 3.05) is 0 Å².